The Kier molecular flexibility index (Phi) is 3.93. The maximum atomic E-state index is 13.8. The minimum atomic E-state index is -0.293. The molecule has 0 aliphatic heterocycles. The zero-order valence-electron chi connectivity index (χ0n) is 10.2. The topological polar surface area (TPSA) is 51.8 Å². The van der Waals surface area contributed by atoms with Gasteiger partial charge in [0.1, 0.15) is 5.82 Å². The summed E-state index contributed by atoms with van der Waals surface area (Å²) < 4.78 is 13.8. The number of hydrogen-bond donors (Lipinski definition) is 1. The van der Waals surface area contributed by atoms with Crippen LogP contribution in [-0.4, -0.2) is 9.97 Å². The van der Waals surface area contributed by atoms with Crippen molar-refractivity contribution in [2.75, 3.05) is 0 Å². The summed E-state index contributed by atoms with van der Waals surface area (Å²) in [6.07, 6.45) is 3.42. The number of benzene rings is 1. The Morgan fingerprint density at radius 3 is 2.50 bits per heavy atom. The van der Waals surface area contributed by atoms with Crippen molar-refractivity contribution < 1.29 is 4.39 Å². The molecule has 0 aliphatic carbocycles. The fourth-order valence-electron chi connectivity index (χ4n) is 1.41. The highest BCUT2D eigenvalue weighted by Crippen LogP contribution is 2.28. The van der Waals surface area contributed by atoms with Crippen LogP contribution >= 0.6 is 11.8 Å². The molecule has 2 rings (SSSR count). The second-order valence-corrected chi connectivity index (χ2v) is 5.13. The van der Waals surface area contributed by atoms with Crippen LogP contribution in [0.15, 0.2) is 40.6 Å². The van der Waals surface area contributed by atoms with E-state index in [-0.39, 0.29) is 11.9 Å². The highest BCUT2D eigenvalue weighted by molar-refractivity contribution is 7.99. The Balaban J connectivity index is 2.22. The molecule has 0 saturated carbocycles. The number of rotatable bonds is 3. The Bertz CT molecular complexity index is 540. The Hall–Kier alpha value is -1.46. The van der Waals surface area contributed by atoms with Gasteiger partial charge in [-0.3, -0.25) is 0 Å². The van der Waals surface area contributed by atoms with Gasteiger partial charge in [-0.2, -0.15) is 0 Å². The number of nitrogens with two attached hydrogens (primary N) is 1. The zero-order chi connectivity index (χ0) is 13.1. The van der Waals surface area contributed by atoms with Crippen LogP contribution in [0.4, 0.5) is 4.39 Å². The van der Waals surface area contributed by atoms with E-state index in [4.69, 9.17) is 5.73 Å². The van der Waals surface area contributed by atoms with Gasteiger partial charge < -0.3 is 5.73 Å². The molecule has 2 aromatic rings. The molecule has 0 unspecified atom stereocenters. The predicted molar refractivity (Wildman–Crippen MR) is 69.9 cm³/mol. The van der Waals surface area contributed by atoms with E-state index < -0.39 is 0 Å². The van der Waals surface area contributed by atoms with Crippen molar-refractivity contribution in [3.05, 3.63) is 47.5 Å². The van der Waals surface area contributed by atoms with E-state index in [9.17, 15) is 4.39 Å². The molecule has 94 valence electrons. The van der Waals surface area contributed by atoms with Crippen LogP contribution in [0.2, 0.25) is 0 Å². The summed E-state index contributed by atoms with van der Waals surface area (Å²) in [6, 6.07) is 4.82. The maximum absolute atomic E-state index is 13.8. The highest BCUT2D eigenvalue weighted by Gasteiger charge is 2.09. The normalized spacial score (nSPS) is 12.4. The van der Waals surface area contributed by atoms with Gasteiger partial charge in [0.25, 0.3) is 0 Å². The lowest BCUT2D eigenvalue weighted by molar-refractivity contribution is 0.596. The third-order valence-corrected chi connectivity index (χ3v) is 3.38. The minimum Gasteiger partial charge on any atom is -0.324 e. The molecular formula is C13H14FN3S. The van der Waals surface area contributed by atoms with Crippen LogP contribution in [0.5, 0.6) is 0 Å². The lowest BCUT2D eigenvalue weighted by Gasteiger charge is -2.07. The highest BCUT2D eigenvalue weighted by atomic mass is 32.2. The first-order valence-corrected chi connectivity index (χ1v) is 6.39. The van der Waals surface area contributed by atoms with E-state index in [1.807, 2.05) is 19.9 Å². The van der Waals surface area contributed by atoms with Crippen molar-refractivity contribution >= 4 is 11.8 Å². The smallest absolute Gasteiger partial charge is 0.192 e. The molecule has 0 amide bonds. The molecule has 18 heavy (non-hydrogen) atoms. The molecule has 0 bridgehead atoms. The summed E-state index contributed by atoms with van der Waals surface area (Å²) >= 11 is 1.21. The monoisotopic (exact) mass is 263 g/mol. The third-order valence-electron chi connectivity index (χ3n) is 2.44. The average molecular weight is 263 g/mol. The summed E-state index contributed by atoms with van der Waals surface area (Å²) in [5.74, 6) is -0.293. The second kappa shape index (κ2) is 5.46. The van der Waals surface area contributed by atoms with Crippen LogP contribution in [0.1, 0.15) is 24.1 Å². The van der Waals surface area contributed by atoms with E-state index in [2.05, 4.69) is 9.97 Å². The summed E-state index contributed by atoms with van der Waals surface area (Å²) in [5.41, 5.74) is 7.46. The van der Waals surface area contributed by atoms with Crippen LogP contribution in [0.25, 0.3) is 0 Å². The van der Waals surface area contributed by atoms with Gasteiger partial charge in [0.2, 0.25) is 0 Å². The van der Waals surface area contributed by atoms with Crippen molar-refractivity contribution in [2.24, 2.45) is 5.73 Å². The molecule has 3 nitrogen and oxygen atoms in total. The molecule has 0 saturated heterocycles. The first-order valence-electron chi connectivity index (χ1n) is 5.58. The van der Waals surface area contributed by atoms with Gasteiger partial charge in [-0.05, 0) is 48.9 Å². The molecule has 1 aromatic carbocycles. The van der Waals surface area contributed by atoms with Crippen molar-refractivity contribution in [3.8, 4) is 0 Å². The maximum Gasteiger partial charge on any atom is 0.192 e. The van der Waals surface area contributed by atoms with Crippen LogP contribution in [0.3, 0.4) is 0 Å². The van der Waals surface area contributed by atoms with Crippen LogP contribution in [-0.2, 0) is 0 Å². The number of halogens is 1. The van der Waals surface area contributed by atoms with Crippen molar-refractivity contribution in [1.29, 1.82) is 0 Å². The molecule has 0 spiro atoms. The largest absolute Gasteiger partial charge is 0.324 e. The molecule has 1 aromatic heterocycles. The minimum absolute atomic E-state index is 0.172. The molecule has 5 heteroatoms. The Labute approximate surface area is 110 Å². The summed E-state index contributed by atoms with van der Waals surface area (Å²) in [6.45, 7) is 3.73. The lowest BCUT2D eigenvalue weighted by Crippen LogP contribution is -2.05. The number of aryl methyl sites for hydroxylation is 1. The predicted octanol–water partition coefficient (Wildman–Crippen LogP) is 3.10. The van der Waals surface area contributed by atoms with Crippen LogP contribution < -0.4 is 5.73 Å². The number of hydrogen-bond acceptors (Lipinski definition) is 4. The van der Waals surface area contributed by atoms with Gasteiger partial charge in [-0.15, -0.1) is 0 Å². The average Bonchev–Trinajstić information content (AvgIpc) is 2.34. The summed E-state index contributed by atoms with van der Waals surface area (Å²) in [4.78, 5) is 8.77. The van der Waals surface area contributed by atoms with E-state index >= 15 is 0 Å². The number of aromatic nitrogens is 2. The van der Waals surface area contributed by atoms with E-state index in [1.54, 1.807) is 18.5 Å². The molecule has 1 atom stereocenters. The zero-order valence-corrected chi connectivity index (χ0v) is 11.0. The van der Waals surface area contributed by atoms with Gasteiger partial charge in [-0.1, -0.05) is 6.07 Å². The molecule has 0 fully saturated rings. The van der Waals surface area contributed by atoms with Crippen molar-refractivity contribution in [3.63, 3.8) is 0 Å². The van der Waals surface area contributed by atoms with Gasteiger partial charge >= 0.3 is 0 Å². The first kappa shape index (κ1) is 13.0. The van der Waals surface area contributed by atoms with E-state index in [1.165, 1.54) is 17.8 Å². The SMILES string of the molecule is Cc1cnc(Sc2ccc([C@H](C)N)cc2F)nc1. The molecule has 2 N–H and O–H groups in total. The first-order chi connectivity index (χ1) is 8.56. The number of nitrogens with zero attached hydrogens (tertiary/aromatic N) is 2. The third kappa shape index (κ3) is 3.05. The van der Waals surface area contributed by atoms with Gasteiger partial charge in [0.05, 0.1) is 4.90 Å². The molecule has 1 heterocycles. The Morgan fingerprint density at radius 2 is 1.94 bits per heavy atom. The van der Waals surface area contributed by atoms with Gasteiger partial charge in [0.15, 0.2) is 5.16 Å². The summed E-state index contributed by atoms with van der Waals surface area (Å²) in [5, 5.41) is 0.535. The van der Waals surface area contributed by atoms with Gasteiger partial charge in [0, 0.05) is 18.4 Å². The fourth-order valence-corrected chi connectivity index (χ4v) is 2.11. The van der Waals surface area contributed by atoms with Crippen LogP contribution in [0, 0.1) is 12.7 Å². The van der Waals surface area contributed by atoms with Gasteiger partial charge in [-0.25, -0.2) is 14.4 Å². The Morgan fingerprint density at radius 1 is 1.28 bits per heavy atom. The molecule has 0 radical (unpaired) electrons. The van der Waals surface area contributed by atoms with E-state index in [0.717, 1.165) is 11.1 Å². The second-order valence-electron chi connectivity index (χ2n) is 4.12. The van der Waals surface area contributed by atoms with E-state index in [0.29, 0.717) is 10.1 Å². The quantitative estimate of drug-likeness (QED) is 0.865. The standard InChI is InChI=1S/C13H14FN3S/c1-8-6-16-13(17-7-8)18-12-4-3-10(9(2)15)5-11(12)14/h3-7,9H,15H2,1-2H3/t9-/m0/s1. The fraction of sp³-hybridized carbons (Fsp3) is 0.231. The van der Waals surface area contributed by atoms with Crippen molar-refractivity contribution in [1.82, 2.24) is 9.97 Å². The lowest BCUT2D eigenvalue weighted by atomic mass is 10.1. The summed E-state index contributed by atoms with van der Waals surface area (Å²) in [7, 11) is 0. The molecular weight excluding hydrogens is 249 g/mol. The van der Waals surface area contributed by atoms with Crippen molar-refractivity contribution in [2.45, 2.75) is 29.9 Å². The molecule has 0 aliphatic rings.